The summed E-state index contributed by atoms with van der Waals surface area (Å²) in [5.41, 5.74) is 12.2. The van der Waals surface area contributed by atoms with Crippen LogP contribution in [-0.4, -0.2) is 23.7 Å². The summed E-state index contributed by atoms with van der Waals surface area (Å²) in [6, 6.07) is 8.89. The molecule has 0 spiro atoms. The lowest BCUT2D eigenvalue weighted by molar-refractivity contribution is -0.115. The highest BCUT2D eigenvalue weighted by molar-refractivity contribution is 8.00. The van der Waals surface area contributed by atoms with Crippen LogP contribution in [0.25, 0.3) is 0 Å². The molecule has 5 heteroatoms. The normalized spacial score (nSPS) is 23.0. The highest BCUT2D eigenvalue weighted by Crippen LogP contribution is 2.29. The molecule has 5 N–H and O–H groups in total. The van der Waals surface area contributed by atoms with Crippen molar-refractivity contribution in [3.8, 4) is 0 Å². The van der Waals surface area contributed by atoms with Crippen molar-refractivity contribution in [2.75, 3.05) is 11.1 Å². The Bertz CT molecular complexity index is 430. The van der Waals surface area contributed by atoms with Gasteiger partial charge in [0.2, 0.25) is 5.91 Å². The van der Waals surface area contributed by atoms with E-state index in [4.69, 9.17) is 11.5 Å². The molecule has 2 rings (SSSR count). The van der Waals surface area contributed by atoms with E-state index in [1.807, 2.05) is 18.2 Å². The summed E-state index contributed by atoms with van der Waals surface area (Å²) in [6.07, 6.45) is 4.37. The van der Waals surface area contributed by atoms with Gasteiger partial charge in [0.05, 0.1) is 5.75 Å². The molecule has 19 heavy (non-hydrogen) atoms. The van der Waals surface area contributed by atoms with Crippen LogP contribution in [0.15, 0.2) is 29.2 Å². The Balaban J connectivity index is 1.97. The smallest absolute Gasteiger partial charge is 0.227 e. The summed E-state index contributed by atoms with van der Waals surface area (Å²) in [7, 11) is 0. The van der Waals surface area contributed by atoms with Crippen LogP contribution >= 0.6 is 11.8 Å². The van der Waals surface area contributed by atoms with Gasteiger partial charge in [-0.15, -0.1) is 11.8 Å². The van der Waals surface area contributed by atoms with Gasteiger partial charge >= 0.3 is 0 Å². The van der Waals surface area contributed by atoms with Crippen LogP contribution < -0.4 is 16.8 Å². The van der Waals surface area contributed by atoms with Crippen LogP contribution in [0.4, 0.5) is 5.69 Å². The zero-order chi connectivity index (χ0) is 13.7. The van der Waals surface area contributed by atoms with E-state index < -0.39 is 0 Å². The lowest BCUT2D eigenvalue weighted by Crippen LogP contribution is -2.32. The number of thioether (sulfide) groups is 1. The molecule has 4 nitrogen and oxygen atoms in total. The van der Waals surface area contributed by atoms with Gasteiger partial charge in [0.25, 0.3) is 0 Å². The van der Waals surface area contributed by atoms with E-state index in [0.29, 0.717) is 17.8 Å². The Morgan fingerprint density at radius 2 is 1.95 bits per heavy atom. The largest absolute Gasteiger partial charge is 0.381 e. The zero-order valence-corrected chi connectivity index (χ0v) is 11.8. The maximum absolute atomic E-state index is 10.9. The first-order chi connectivity index (χ1) is 9.15. The molecule has 104 valence electrons. The fourth-order valence-corrected chi connectivity index (χ4v) is 3.10. The number of hydrogen-bond donors (Lipinski definition) is 3. The number of hydrogen-bond acceptors (Lipinski definition) is 4. The van der Waals surface area contributed by atoms with Gasteiger partial charge < -0.3 is 16.8 Å². The van der Waals surface area contributed by atoms with Gasteiger partial charge in [-0.05, 0) is 37.8 Å². The third kappa shape index (κ3) is 4.44. The summed E-state index contributed by atoms with van der Waals surface area (Å²) in [6.45, 7) is 0. The third-order valence-electron chi connectivity index (χ3n) is 3.39. The molecule has 1 aliphatic carbocycles. The third-order valence-corrected chi connectivity index (χ3v) is 4.48. The number of amides is 1. The van der Waals surface area contributed by atoms with Crippen molar-refractivity contribution in [3.05, 3.63) is 24.3 Å². The molecule has 0 aliphatic heterocycles. The molecule has 0 radical (unpaired) electrons. The molecule has 1 fully saturated rings. The summed E-state index contributed by atoms with van der Waals surface area (Å²) in [5.74, 6) is 0.0252. The van der Waals surface area contributed by atoms with E-state index >= 15 is 0 Å². The van der Waals surface area contributed by atoms with E-state index in [2.05, 4.69) is 11.4 Å². The molecule has 0 heterocycles. The van der Waals surface area contributed by atoms with Crippen molar-refractivity contribution in [1.29, 1.82) is 0 Å². The second-order valence-electron chi connectivity index (χ2n) is 5.01. The Kier molecular flexibility index (Phi) is 5.10. The first-order valence-corrected chi connectivity index (χ1v) is 7.66. The molecule has 1 amide bonds. The molecule has 0 atom stereocenters. The van der Waals surface area contributed by atoms with Gasteiger partial charge in [-0.25, -0.2) is 0 Å². The maximum atomic E-state index is 10.9. The number of nitrogens with two attached hydrogens (primary N) is 2. The minimum Gasteiger partial charge on any atom is -0.381 e. The van der Waals surface area contributed by atoms with Crippen molar-refractivity contribution in [3.63, 3.8) is 0 Å². The van der Waals surface area contributed by atoms with Crippen LogP contribution in [-0.2, 0) is 4.79 Å². The topological polar surface area (TPSA) is 81.1 Å². The first-order valence-electron chi connectivity index (χ1n) is 6.67. The van der Waals surface area contributed by atoms with Gasteiger partial charge in [0.15, 0.2) is 0 Å². The summed E-state index contributed by atoms with van der Waals surface area (Å²) >= 11 is 1.48. The van der Waals surface area contributed by atoms with Crippen molar-refractivity contribution in [2.24, 2.45) is 11.5 Å². The second kappa shape index (κ2) is 6.82. The Hall–Kier alpha value is -1.20. The van der Waals surface area contributed by atoms with E-state index in [-0.39, 0.29) is 5.91 Å². The monoisotopic (exact) mass is 279 g/mol. The Morgan fingerprint density at radius 1 is 1.26 bits per heavy atom. The number of para-hydroxylation sites is 1. The fraction of sp³-hybridized carbons (Fsp3) is 0.500. The van der Waals surface area contributed by atoms with E-state index in [1.165, 1.54) is 11.8 Å². The molecule has 0 unspecified atom stereocenters. The van der Waals surface area contributed by atoms with Gasteiger partial charge in [0, 0.05) is 22.7 Å². The van der Waals surface area contributed by atoms with Gasteiger partial charge in [-0.2, -0.15) is 0 Å². The van der Waals surface area contributed by atoms with E-state index in [1.54, 1.807) is 0 Å². The van der Waals surface area contributed by atoms with Gasteiger partial charge in [-0.3, -0.25) is 4.79 Å². The number of primary amides is 1. The Labute approximate surface area is 118 Å². The number of nitrogens with one attached hydrogen (secondary N) is 1. The molecule has 0 aromatic heterocycles. The summed E-state index contributed by atoms with van der Waals surface area (Å²) < 4.78 is 0. The quantitative estimate of drug-likeness (QED) is 0.720. The number of carbonyl (C=O) groups excluding carboxylic acids is 1. The highest BCUT2D eigenvalue weighted by atomic mass is 32.2. The number of benzene rings is 1. The SMILES string of the molecule is NC(=O)CSc1ccccc1NC1CCC(N)CC1. The maximum Gasteiger partial charge on any atom is 0.227 e. The number of anilines is 1. The molecule has 1 saturated carbocycles. The van der Waals surface area contributed by atoms with Crippen molar-refractivity contribution in [2.45, 2.75) is 42.7 Å². The fourth-order valence-electron chi connectivity index (χ4n) is 2.34. The highest BCUT2D eigenvalue weighted by Gasteiger charge is 2.19. The van der Waals surface area contributed by atoms with Gasteiger partial charge in [-0.1, -0.05) is 12.1 Å². The van der Waals surface area contributed by atoms with Crippen molar-refractivity contribution in [1.82, 2.24) is 0 Å². The summed E-state index contributed by atoms with van der Waals surface area (Å²) in [4.78, 5) is 12.0. The average molecular weight is 279 g/mol. The zero-order valence-electron chi connectivity index (χ0n) is 11.0. The predicted octanol–water partition coefficient (Wildman–Crippen LogP) is 1.95. The molecule has 1 aliphatic rings. The van der Waals surface area contributed by atoms with Crippen LogP contribution in [0.2, 0.25) is 0 Å². The van der Waals surface area contributed by atoms with Crippen molar-refractivity contribution < 1.29 is 4.79 Å². The molecular formula is C14H21N3OS. The molecular weight excluding hydrogens is 258 g/mol. The molecule has 0 saturated heterocycles. The van der Waals surface area contributed by atoms with Crippen LogP contribution in [0, 0.1) is 0 Å². The van der Waals surface area contributed by atoms with Crippen LogP contribution in [0.3, 0.4) is 0 Å². The second-order valence-corrected chi connectivity index (χ2v) is 6.02. The lowest BCUT2D eigenvalue weighted by atomic mass is 9.92. The number of carbonyl (C=O) groups is 1. The standard InChI is InChI=1S/C14H21N3OS/c15-10-5-7-11(8-6-10)17-12-3-1-2-4-13(12)19-9-14(16)18/h1-4,10-11,17H,5-9,15H2,(H2,16,18). The van der Waals surface area contributed by atoms with Crippen LogP contribution in [0.5, 0.6) is 0 Å². The first kappa shape index (κ1) is 14.2. The lowest BCUT2D eigenvalue weighted by Gasteiger charge is -2.28. The Morgan fingerprint density at radius 3 is 2.63 bits per heavy atom. The summed E-state index contributed by atoms with van der Waals surface area (Å²) in [5, 5.41) is 3.57. The molecule has 0 bridgehead atoms. The predicted molar refractivity (Wildman–Crippen MR) is 80.2 cm³/mol. The number of rotatable bonds is 5. The minimum atomic E-state index is -0.288. The van der Waals surface area contributed by atoms with Crippen LogP contribution in [0.1, 0.15) is 25.7 Å². The molecule has 1 aromatic rings. The molecule has 1 aromatic carbocycles. The van der Waals surface area contributed by atoms with E-state index in [0.717, 1.165) is 36.3 Å². The van der Waals surface area contributed by atoms with E-state index in [9.17, 15) is 4.79 Å². The average Bonchev–Trinajstić information content (AvgIpc) is 2.40. The van der Waals surface area contributed by atoms with Gasteiger partial charge in [0.1, 0.15) is 0 Å². The minimum absolute atomic E-state index is 0.288. The van der Waals surface area contributed by atoms with Crippen molar-refractivity contribution >= 4 is 23.4 Å².